The van der Waals surface area contributed by atoms with Crippen molar-refractivity contribution in [3.8, 4) is 0 Å². The van der Waals surface area contributed by atoms with Crippen molar-refractivity contribution in [1.82, 2.24) is 0 Å². The maximum atomic E-state index is 9.59. The highest BCUT2D eigenvalue weighted by molar-refractivity contribution is 6.30. The van der Waals surface area contributed by atoms with Crippen molar-refractivity contribution in [3.63, 3.8) is 0 Å². The van der Waals surface area contributed by atoms with Crippen LogP contribution in [0.3, 0.4) is 0 Å². The van der Waals surface area contributed by atoms with Crippen LogP contribution in [0.2, 0.25) is 5.02 Å². The van der Waals surface area contributed by atoms with Crippen molar-refractivity contribution in [2.45, 2.75) is 38.1 Å². The number of benzene rings is 1. The minimum Gasteiger partial charge on any atom is -0.394 e. The Morgan fingerprint density at radius 1 is 1.47 bits per heavy atom. The summed E-state index contributed by atoms with van der Waals surface area (Å²) in [6.07, 6.45) is 4.96. The summed E-state index contributed by atoms with van der Waals surface area (Å²) < 4.78 is 0. The summed E-state index contributed by atoms with van der Waals surface area (Å²) in [5.74, 6) is 0.763. The molecule has 0 amide bonds. The minimum atomic E-state index is -0.240. The van der Waals surface area contributed by atoms with Crippen LogP contribution in [0.25, 0.3) is 0 Å². The van der Waals surface area contributed by atoms with E-state index in [2.05, 4.69) is 12.2 Å². The Hall–Kier alpha value is -0.730. The lowest BCUT2D eigenvalue weighted by Crippen LogP contribution is -2.41. The Labute approximate surface area is 108 Å². The van der Waals surface area contributed by atoms with Crippen LogP contribution in [-0.2, 0) is 0 Å². The van der Waals surface area contributed by atoms with E-state index in [-0.39, 0.29) is 12.1 Å². The molecule has 2 rings (SSSR count). The fraction of sp³-hybridized carbons (Fsp3) is 0.571. The molecule has 2 N–H and O–H groups in total. The second kappa shape index (κ2) is 5.28. The maximum Gasteiger partial charge on any atom is 0.0658 e. The highest BCUT2D eigenvalue weighted by atomic mass is 35.5. The van der Waals surface area contributed by atoms with E-state index < -0.39 is 0 Å². The number of aliphatic hydroxyl groups excluding tert-OH is 1. The summed E-state index contributed by atoms with van der Waals surface area (Å²) >= 11 is 5.96. The molecule has 0 spiro atoms. The number of hydrogen-bond donors (Lipinski definition) is 2. The summed E-state index contributed by atoms with van der Waals surface area (Å²) in [6.45, 7) is 2.22. The van der Waals surface area contributed by atoms with E-state index in [4.69, 9.17) is 11.6 Å². The summed E-state index contributed by atoms with van der Waals surface area (Å²) in [5.41, 5.74) is 0.740. The van der Waals surface area contributed by atoms with E-state index in [0.717, 1.165) is 23.0 Å². The number of aliphatic hydroxyl groups is 1. The van der Waals surface area contributed by atoms with Crippen LogP contribution in [0.5, 0.6) is 0 Å². The highest BCUT2D eigenvalue weighted by Gasteiger charge is 2.30. The molecule has 0 bridgehead atoms. The average molecular weight is 254 g/mol. The van der Waals surface area contributed by atoms with Crippen LogP contribution >= 0.6 is 11.6 Å². The van der Waals surface area contributed by atoms with Gasteiger partial charge >= 0.3 is 0 Å². The van der Waals surface area contributed by atoms with Crippen LogP contribution in [0.4, 0.5) is 5.69 Å². The molecule has 0 saturated heterocycles. The third-order valence-electron chi connectivity index (χ3n) is 3.58. The standard InChI is InChI=1S/C14H20ClNO/c1-14(10-17,9-11-4-2-5-11)16-13-7-3-6-12(15)8-13/h3,6-8,11,16-17H,2,4-5,9-10H2,1H3. The monoisotopic (exact) mass is 253 g/mol. The Morgan fingerprint density at radius 3 is 2.76 bits per heavy atom. The van der Waals surface area contributed by atoms with Gasteiger partial charge in [0.25, 0.3) is 0 Å². The highest BCUT2D eigenvalue weighted by Crippen LogP contribution is 2.35. The normalized spacial score (nSPS) is 19.5. The molecule has 1 aromatic rings. The SMILES string of the molecule is CC(CO)(CC1CCC1)Nc1cccc(Cl)c1. The largest absolute Gasteiger partial charge is 0.394 e. The number of anilines is 1. The molecule has 94 valence electrons. The summed E-state index contributed by atoms with van der Waals surface area (Å²) in [7, 11) is 0. The molecule has 0 aromatic heterocycles. The third-order valence-corrected chi connectivity index (χ3v) is 3.82. The van der Waals surface area contributed by atoms with Crippen molar-refractivity contribution in [2.75, 3.05) is 11.9 Å². The van der Waals surface area contributed by atoms with Gasteiger partial charge in [-0.25, -0.2) is 0 Å². The van der Waals surface area contributed by atoms with Gasteiger partial charge in [-0.15, -0.1) is 0 Å². The van der Waals surface area contributed by atoms with Gasteiger partial charge in [-0.3, -0.25) is 0 Å². The van der Waals surface area contributed by atoms with E-state index >= 15 is 0 Å². The van der Waals surface area contributed by atoms with E-state index in [1.54, 1.807) is 0 Å². The lowest BCUT2D eigenvalue weighted by molar-refractivity contribution is 0.168. The summed E-state index contributed by atoms with van der Waals surface area (Å²) in [6, 6.07) is 7.66. The second-order valence-electron chi connectivity index (χ2n) is 5.36. The zero-order valence-corrected chi connectivity index (χ0v) is 11.0. The lowest BCUT2D eigenvalue weighted by atomic mass is 9.76. The Kier molecular flexibility index (Phi) is 3.95. The van der Waals surface area contributed by atoms with Gasteiger partial charge in [-0.1, -0.05) is 36.9 Å². The molecule has 1 aromatic carbocycles. The quantitative estimate of drug-likeness (QED) is 0.839. The van der Waals surface area contributed by atoms with Gasteiger partial charge in [0.2, 0.25) is 0 Å². The van der Waals surface area contributed by atoms with Gasteiger partial charge in [-0.2, -0.15) is 0 Å². The molecular weight excluding hydrogens is 234 g/mol. The maximum absolute atomic E-state index is 9.59. The number of rotatable bonds is 5. The van der Waals surface area contributed by atoms with Gasteiger partial charge in [0.1, 0.15) is 0 Å². The molecular formula is C14H20ClNO. The van der Waals surface area contributed by atoms with Gasteiger partial charge < -0.3 is 10.4 Å². The molecule has 0 heterocycles. The second-order valence-corrected chi connectivity index (χ2v) is 5.79. The van der Waals surface area contributed by atoms with Crippen molar-refractivity contribution in [1.29, 1.82) is 0 Å². The summed E-state index contributed by atoms with van der Waals surface area (Å²) in [4.78, 5) is 0. The molecule has 0 aliphatic heterocycles. The van der Waals surface area contributed by atoms with Gasteiger partial charge in [0, 0.05) is 10.7 Å². The number of hydrogen-bond acceptors (Lipinski definition) is 2. The Bertz CT molecular complexity index is 378. The lowest BCUT2D eigenvalue weighted by Gasteiger charge is -2.37. The van der Waals surface area contributed by atoms with Crippen LogP contribution < -0.4 is 5.32 Å². The first-order chi connectivity index (χ1) is 8.11. The first kappa shape index (κ1) is 12.7. The average Bonchev–Trinajstić information content (AvgIpc) is 2.24. The van der Waals surface area contributed by atoms with E-state index in [1.807, 2.05) is 24.3 Å². The Balaban J connectivity index is 2.02. The van der Waals surface area contributed by atoms with Gasteiger partial charge in [0.15, 0.2) is 0 Å². The van der Waals surface area contributed by atoms with Gasteiger partial charge in [-0.05, 0) is 37.5 Å². The zero-order chi connectivity index (χ0) is 12.3. The van der Waals surface area contributed by atoms with Crippen LogP contribution in [0.15, 0.2) is 24.3 Å². The van der Waals surface area contributed by atoms with Crippen LogP contribution in [0, 0.1) is 5.92 Å². The van der Waals surface area contributed by atoms with Crippen molar-refractivity contribution >= 4 is 17.3 Å². The topological polar surface area (TPSA) is 32.3 Å². The number of halogens is 1. The molecule has 1 aliphatic carbocycles. The fourth-order valence-corrected chi connectivity index (χ4v) is 2.59. The van der Waals surface area contributed by atoms with Crippen molar-refractivity contribution in [2.24, 2.45) is 5.92 Å². The zero-order valence-electron chi connectivity index (χ0n) is 10.2. The molecule has 3 heteroatoms. The van der Waals surface area contributed by atoms with E-state index in [1.165, 1.54) is 19.3 Å². The predicted molar refractivity (Wildman–Crippen MR) is 72.5 cm³/mol. The molecule has 1 atom stereocenters. The summed E-state index contributed by atoms with van der Waals surface area (Å²) in [5, 5.41) is 13.7. The first-order valence-corrected chi connectivity index (χ1v) is 6.64. The van der Waals surface area contributed by atoms with Gasteiger partial charge in [0.05, 0.1) is 12.1 Å². The number of nitrogens with one attached hydrogen (secondary N) is 1. The van der Waals surface area contributed by atoms with E-state index in [0.29, 0.717) is 0 Å². The molecule has 0 radical (unpaired) electrons. The molecule has 1 aliphatic rings. The predicted octanol–water partition coefficient (Wildman–Crippen LogP) is 3.69. The molecule has 17 heavy (non-hydrogen) atoms. The van der Waals surface area contributed by atoms with E-state index in [9.17, 15) is 5.11 Å². The molecule has 2 nitrogen and oxygen atoms in total. The van der Waals surface area contributed by atoms with Crippen LogP contribution in [0.1, 0.15) is 32.6 Å². The fourth-order valence-electron chi connectivity index (χ4n) is 2.40. The molecule has 1 saturated carbocycles. The minimum absolute atomic E-state index is 0.149. The van der Waals surface area contributed by atoms with Crippen LogP contribution in [-0.4, -0.2) is 17.3 Å². The van der Waals surface area contributed by atoms with Crippen molar-refractivity contribution < 1.29 is 5.11 Å². The smallest absolute Gasteiger partial charge is 0.0658 e. The first-order valence-electron chi connectivity index (χ1n) is 6.26. The van der Waals surface area contributed by atoms with Crippen molar-refractivity contribution in [3.05, 3.63) is 29.3 Å². The third kappa shape index (κ3) is 3.36. The molecule has 1 unspecified atom stereocenters. The Morgan fingerprint density at radius 2 is 2.24 bits per heavy atom. The molecule has 1 fully saturated rings.